The van der Waals surface area contributed by atoms with Crippen LogP contribution in [0.5, 0.6) is 0 Å². The summed E-state index contributed by atoms with van der Waals surface area (Å²) in [6, 6.07) is 0. The van der Waals surface area contributed by atoms with Crippen molar-refractivity contribution in [1.82, 2.24) is 0 Å². The summed E-state index contributed by atoms with van der Waals surface area (Å²) >= 11 is 0. The largest absolute Gasteiger partial charge is 2.00 e. The van der Waals surface area contributed by atoms with Gasteiger partial charge in [0.25, 0.3) is 0 Å². The number of rotatable bonds is 8. The molecule has 8 aliphatic rings. The average molecular weight is 839 g/mol. The normalized spacial score (nSPS) is 52.0. The van der Waals surface area contributed by atoms with Crippen molar-refractivity contribution in [1.29, 1.82) is 0 Å². The summed E-state index contributed by atoms with van der Waals surface area (Å²) in [5, 5.41) is 87.7. The van der Waals surface area contributed by atoms with Crippen molar-refractivity contribution < 1.29 is 50.4 Å². The molecule has 0 aromatic rings. The van der Waals surface area contributed by atoms with Crippen LogP contribution in [0.1, 0.15) is 157 Å². The van der Waals surface area contributed by atoms with Gasteiger partial charge in [-0.2, -0.15) is 0 Å². The van der Waals surface area contributed by atoms with E-state index in [-0.39, 0.29) is 129 Å². The second-order valence-electron chi connectivity index (χ2n) is 22.8. The Morgan fingerprint density at radius 2 is 0.898 bits per heavy atom. The number of aliphatic hydroxyl groups excluding tert-OH is 6. The van der Waals surface area contributed by atoms with Crippen LogP contribution in [0.4, 0.5) is 0 Å². The Hall–Kier alpha value is -0.534. The van der Waals surface area contributed by atoms with E-state index in [1.54, 1.807) is 0 Å². The summed E-state index contributed by atoms with van der Waals surface area (Å²) in [7, 11) is 0. The Morgan fingerprint density at radius 1 is 0.542 bits per heavy atom. The molecular formula is C48H78MgO10. The van der Waals surface area contributed by atoms with E-state index in [1.807, 2.05) is 0 Å². The van der Waals surface area contributed by atoms with Crippen LogP contribution in [0.15, 0.2) is 0 Å². The van der Waals surface area contributed by atoms with Gasteiger partial charge in [-0.3, -0.25) is 0 Å². The molecule has 0 aromatic carbocycles. The fraction of sp³-hybridized carbons (Fsp3) is 0.958. The molecule has 0 saturated heterocycles. The molecule has 22 atom stereocenters. The molecule has 0 heterocycles. The summed E-state index contributed by atoms with van der Waals surface area (Å²) < 4.78 is 0. The van der Waals surface area contributed by atoms with Gasteiger partial charge in [-0.05, 0) is 208 Å². The Labute approximate surface area is 370 Å². The van der Waals surface area contributed by atoms with Gasteiger partial charge < -0.3 is 50.4 Å². The first-order valence-electron chi connectivity index (χ1n) is 23.7. The zero-order valence-corrected chi connectivity index (χ0v) is 38.6. The van der Waals surface area contributed by atoms with Crippen molar-refractivity contribution in [2.75, 3.05) is 0 Å². The molecule has 0 amide bonds. The maximum absolute atomic E-state index is 11.5. The predicted octanol–water partition coefficient (Wildman–Crippen LogP) is 3.85. The van der Waals surface area contributed by atoms with Gasteiger partial charge in [-0.1, -0.05) is 41.5 Å². The Morgan fingerprint density at radius 3 is 1.24 bits per heavy atom. The molecule has 6 unspecified atom stereocenters. The third kappa shape index (κ3) is 8.13. The van der Waals surface area contributed by atoms with Gasteiger partial charge in [0.05, 0.1) is 36.6 Å². The molecule has 8 fully saturated rings. The molecule has 10 nitrogen and oxygen atoms in total. The van der Waals surface area contributed by atoms with E-state index in [1.165, 1.54) is 0 Å². The van der Waals surface area contributed by atoms with Crippen LogP contribution in [0.2, 0.25) is 0 Å². The third-order valence-electron chi connectivity index (χ3n) is 20.6. The predicted molar refractivity (Wildman–Crippen MR) is 221 cm³/mol. The summed E-state index contributed by atoms with van der Waals surface area (Å²) in [6.07, 6.45) is 11.4. The molecule has 0 bridgehead atoms. The molecule has 0 aromatic heterocycles. The number of fused-ring (bicyclic) bond motifs is 10. The monoisotopic (exact) mass is 839 g/mol. The quantitative estimate of drug-likeness (QED) is 0.195. The maximum atomic E-state index is 11.5. The summed E-state index contributed by atoms with van der Waals surface area (Å²) in [6.45, 7) is 13.3. The molecule has 8 saturated carbocycles. The van der Waals surface area contributed by atoms with E-state index < -0.39 is 24.1 Å². The van der Waals surface area contributed by atoms with Gasteiger partial charge in [-0.15, -0.1) is 0 Å². The second-order valence-corrected chi connectivity index (χ2v) is 22.8. The first-order valence-corrected chi connectivity index (χ1v) is 23.7. The van der Waals surface area contributed by atoms with E-state index in [2.05, 4.69) is 41.5 Å². The van der Waals surface area contributed by atoms with Crippen molar-refractivity contribution in [3.8, 4) is 0 Å². The number of aliphatic carboxylic acids is 2. The van der Waals surface area contributed by atoms with Gasteiger partial charge in [0.1, 0.15) is 0 Å². The Balaban J connectivity index is 0.000000195. The first-order chi connectivity index (χ1) is 27.2. The maximum Gasteiger partial charge on any atom is 2.00 e. The van der Waals surface area contributed by atoms with Crippen LogP contribution >= 0.6 is 0 Å². The van der Waals surface area contributed by atoms with Crippen LogP contribution in [-0.4, -0.2) is 102 Å². The second kappa shape index (κ2) is 17.8. The van der Waals surface area contributed by atoms with E-state index in [9.17, 15) is 50.4 Å². The fourth-order valence-electron chi connectivity index (χ4n) is 17.4. The summed E-state index contributed by atoms with van der Waals surface area (Å²) in [5.74, 6) is 1.27. The van der Waals surface area contributed by atoms with Gasteiger partial charge in [0.2, 0.25) is 0 Å². The van der Waals surface area contributed by atoms with Gasteiger partial charge in [-0.25, -0.2) is 0 Å². The van der Waals surface area contributed by atoms with Crippen molar-refractivity contribution in [3.05, 3.63) is 0 Å². The SMILES string of the molecule is C[C@H](CCC(=O)[O-])[C@H]1CCC2C3C(C[C@H](O)[C@@]21C)[C@@]1(C)CC[C@@H](O)C[C@H]1C[C@H]3O.C[C@H](CCC(=O)[O-])[C@H]1CCC2C3C(C[C@H](O)[C@@]21C)[C@@]1(C)CC[C@@H](O)C[C@H]1C[C@H]3O.[Mg+2]. The molecule has 8 rings (SSSR count). The minimum absolute atomic E-state index is 0. The molecule has 0 radical (unpaired) electrons. The van der Waals surface area contributed by atoms with Crippen molar-refractivity contribution in [2.24, 2.45) is 92.7 Å². The molecule has 6 N–H and O–H groups in total. The Kier molecular flexibility index (Phi) is 14.5. The standard InChI is InChI=1S/2C24H40O5.Mg/c2*1-13(4-7-21(28)29)16-5-6-17-22-18(12-20(27)24(16,17)3)23(2)9-8-15(25)10-14(23)11-19(22)26;/h2*13-20,22,25-27H,4-12H2,1-3H3,(H,28,29);/q;;+2/p-2/t2*13-,14+,15-,16-,17?,18?,19-,20+,22?,23+,24-;/m11./s1. The van der Waals surface area contributed by atoms with Crippen molar-refractivity contribution in [2.45, 2.75) is 194 Å². The first kappa shape index (κ1) is 47.9. The van der Waals surface area contributed by atoms with Crippen LogP contribution in [0.25, 0.3) is 0 Å². The molecule has 8 aliphatic carbocycles. The number of carbonyl (C=O) groups is 2. The number of carboxylic acid groups (broad SMARTS) is 2. The summed E-state index contributed by atoms with van der Waals surface area (Å²) in [5.41, 5.74) is -0.343. The number of hydrogen-bond donors (Lipinski definition) is 6. The van der Waals surface area contributed by atoms with Gasteiger partial charge in [0.15, 0.2) is 0 Å². The van der Waals surface area contributed by atoms with E-state index >= 15 is 0 Å². The van der Waals surface area contributed by atoms with Crippen LogP contribution in [-0.2, 0) is 9.59 Å². The van der Waals surface area contributed by atoms with E-state index in [0.29, 0.717) is 36.5 Å². The fourth-order valence-corrected chi connectivity index (χ4v) is 17.4. The third-order valence-corrected chi connectivity index (χ3v) is 20.6. The molecule has 59 heavy (non-hydrogen) atoms. The molecular weight excluding hydrogens is 761 g/mol. The molecule has 332 valence electrons. The van der Waals surface area contributed by atoms with Crippen molar-refractivity contribution in [3.63, 3.8) is 0 Å². The molecule has 11 heteroatoms. The Bertz CT molecular complexity index is 1390. The molecule has 0 spiro atoms. The van der Waals surface area contributed by atoms with Crippen LogP contribution in [0, 0.1) is 92.7 Å². The number of hydrogen-bond acceptors (Lipinski definition) is 10. The van der Waals surface area contributed by atoms with Gasteiger partial charge >= 0.3 is 23.1 Å². The van der Waals surface area contributed by atoms with E-state index in [0.717, 1.165) is 89.9 Å². The van der Waals surface area contributed by atoms with Gasteiger partial charge in [0, 0.05) is 11.9 Å². The zero-order chi connectivity index (χ0) is 42.3. The number of carbonyl (C=O) groups excluding carboxylic acids is 2. The van der Waals surface area contributed by atoms with E-state index in [4.69, 9.17) is 0 Å². The van der Waals surface area contributed by atoms with Crippen LogP contribution in [0.3, 0.4) is 0 Å². The minimum atomic E-state index is -0.998. The zero-order valence-electron chi connectivity index (χ0n) is 37.1. The average Bonchev–Trinajstić information content (AvgIpc) is 3.70. The van der Waals surface area contributed by atoms with Crippen molar-refractivity contribution >= 4 is 35.0 Å². The number of aliphatic hydroxyl groups is 6. The number of carboxylic acids is 2. The minimum Gasteiger partial charge on any atom is -0.550 e. The topological polar surface area (TPSA) is 202 Å². The summed E-state index contributed by atoms with van der Waals surface area (Å²) in [4.78, 5) is 21.9. The molecule has 0 aliphatic heterocycles. The van der Waals surface area contributed by atoms with Crippen LogP contribution < -0.4 is 10.2 Å². The smallest absolute Gasteiger partial charge is 0.550 e.